The maximum atomic E-state index is 8.31. The number of hydrogen-bond acceptors (Lipinski definition) is 5. The molecule has 1 heterocycles. The van der Waals surface area contributed by atoms with Crippen LogP contribution in [0.5, 0.6) is 0 Å². The molecule has 1 rings (SSSR count). The van der Waals surface area contributed by atoms with Gasteiger partial charge in [0.2, 0.25) is 0 Å². The van der Waals surface area contributed by atoms with E-state index in [1.807, 2.05) is 0 Å². The standard InChI is InChI=1S/C6H13BO5/c8-7(9)12-5-11-6-1-3-10-4-2-6/h6,8-9H,1-5H2. The molecule has 70 valence electrons. The van der Waals surface area contributed by atoms with E-state index >= 15 is 0 Å². The van der Waals surface area contributed by atoms with Crippen LogP contribution in [0.4, 0.5) is 0 Å². The molecule has 2 N–H and O–H groups in total. The summed E-state index contributed by atoms with van der Waals surface area (Å²) in [4.78, 5) is 0. The Balaban J connectivity index is 1.98. The van der Waals surface area contributed by atoms with Crippen molar-refractivity contribution in [3.63, 3.8) is 0 Å². The Morgan fingerprint density at radius 1 is 1.33 bits per heavy atom. The maximum absolute atomic E-state index is 8.31. The molecule has 6 heteroatoms. The zero-order valence-corrected chi connectivity index (χ0v) is 6.81. The summed E-state index contributed by atoms with van der Waals surface area (Å²) in [7, 11) is -1.75. The quantitative estimate of drug-likeness (QED) is 0.430. The summed E-state index contributed by atoms with van der Waals surface area (Å²) in [5, 5.41) is 16.6. The van der Waals surface area contributed by atoms with Gasteiger partial charge < -0.3 is 24.2 Å². The van der Waals surface area contributed by atoms with Crippen LogP contribution in [-0.4, -0.2) is 43.5 Å². The summed E-state index contributed by atoms with van der Waals surface area (Å²) in [6.45, 7) is 1.32. The first kappa shape index (κ1) is 9.95. The molecule has 0 bridgehead atoms. The van der Waals surface area contributed by atoms with E-state index in [9.17, 15) is 0 Å². The first-order chi connectivity index (χ1) is 5.79. The van der Waals surface area contributed by atoms with Crippen LogP contribution in [-0.2, 0) is 14.1 Å². The van der Waals surface area contributed by atoms with Crippen LogP contribution in [0, 0.1) is 0 Å². The van der Waals surface area contributed by atoms with Crippen molar-refractivity contribution >= 4 is 7.32 Å². The minimum absolute atomic E-state index is 0.0810. The second kappa shape index (κ2) is 5.50. The largest absolute Gasteiger partial charge is 0.635 e. The number of rotatable bonds is 4. The van der Waals surface area contributed by atoms with E-state index in [1.54, 1.807) is 0 Å². The van der Waals surface area contributed by atoms with E-state index in [0.717, 1.165) is 12.8 Å². The minimum Gasteiger partial charge on any atom is -0.402 e. The molecular weight excluding hydrogens is 163 g/mol. The monoisotopic (exact) mass is 176 g/mol. The van der Waals surface area contributed by atoms with Gasteiger partial charge in [0.1, 0.15) is 6.79 Å². The molecule has 0 aromatic rings. The Morgan fingerprint density at radius 2 is 2.00 bits per heavy atom. The fourth-order valence-corrected chi connectivity index (χ4v) is 1.04. The van der Waals surface area contributed by atoms with Crippen LogP contribution in [0.3, 0.4) is 0 Å². The highest BCUT2D eigenvalue weighted by atomic mass is 16.7. The summed E-state index contributed by atoms with van der Waals surface area (Å²) >= 11 is 0. The summed E-state index contributed by atoms with van der Waals surface area (Å²) in [5.74, 6) is 0. The van der Waals surface area contributed by atoms with E-state index in [4.69, 9.17) is 19.5 Å². The van der Waals surface area contributed by atoms with Gasteiger partial charge in [-0.25, -0.2) is 0 Å². The van der Waals surface area contributed by atoms with Crippen molar-refractivity contribution in [1.29, 1.82) is 0 Å². The van der Waals surface area contributed by atoms with Gasteiger partial charge in [-0.05, 0) is 12.8 Å². The second-order valence-electron chi connectivity index (χ2n) is 2.59. The third-order valence-corrected chi connectivity index (χ3v) is 1.69. The highest BCUT2D eigenvalue weighted by molar-refractivity contribution is 6.32. The highest BCUT2D eigenvalue weighted by Crippen LogP contribution is 2.09. The molecule has 0 aliphatic carbocycles. The molecule has 0 saturated carbocycles. The molecule has 0 atom stereocenters. The van der Waals surface area contributed by atoms with Crippen LogP contribution in [0.1, 0.15) is 12.8 Å². The summed E-state index contributed by atoms with van der Waals surface area (Å²) in [6.07, 6.45) is 1.80. The number of ether oxygens (including phenoxy) is 2. The molecule has 0 aromatic heterocycles. The molecule has 5 nitrogen and oxygen atoms in total. The van der Waals surface area contributed by atoms with Crippen molar-refractivity contribution in [3.8, 4) is 0 Å². The van der Waals surface area contributed by atoms with Gasteiger partial charge in [-0.1, -0.05) is 0 Å². The molecule has 1 aliphatic rings. The van der Waals surface area contributed by atoms with Crippen molar-refractivity contribution < 1.29 is 24.2 Å². The normalized spacial score (nSPS) is 19.5. The lowest BCUT2D eigenvalue weighted by atomic mass is 10.2. The zero-order chi connectivity index (χ0) is 8.81. The molecule has 0 unspecified atom stereocenters. The molecular formula is C6H13BO5. The van der Waals surface area contributed by atoms with Gasteiger partial charge in [0, 0.05) is 13.2 Å². The average molecular weight is 176 g/mol. The van der Waals surface area contributed by atoms with E-state index in [-0.39, 0.29) is 12.9 Å². The first-order valence-electron chi connectivity index (χ1n) is 3.96. The Hall–Kier alpha value is -0.135. The first-order valence-corrected chi connectivity index (χ1v) is 3.96. The third kappa shape index (κ3) is 4.03. The Labute approximate surface area is 71.4 Å². The Morgan fingerprint density at radius 3 is 2.58 bits per heavy atom. The van der Waals surface area contributed by atoms with Crippen molar-refractivity contribution in [2.75, 3.05) is 20.0 Å². The van der Waals surface area contributed by atoms with Gasteiger partial charge in [-0.3, -0.25) is 0 Å². The highest BCUT2D eigenvalue weighted by Gasteiger charge is 2.15. The van der Waals surface area contributed by atoms with Gasteiger partial charge in [0.05, 0.1) is 6.10 Å². The molecule has 0 radical (unpaired) electrons. The summed E-state index contributed by atoms with van der Waals surface area (Å²) in [6, 6.07) is 0. The topological polar surface area (TPSA) is 68.2 Å². The molecule has 0 spiro atoms. The molecule has 1 aliphatic heterocycles. The molecule has 0 amide bonds. The predicted octanol–water partition coefficient (Wildman–Crippen LogP) is -0.874. The molecule has 1 saturated heterocycles. The number of hydrogen-bond donors (Lipinski definition) is 2. The summed E-state index contributed by atoms with van der Waals surface area (Å²) < 4.78 is 14.7. The smallest absolute Gasteiger partial charge is 0.402 e. The lowest BCUT2D eigenvalue weighted by molar-refractivity contribution is -0.0906. The molecule has 0 aromatic carbocycles. The molecule has 12 heavy (non-hydrogen) atoms. The fraction of sp³-hybridized carbons (Fsp3) is 1.00. The van der Waals surface area contributed by atoms with Crippen LogP contribution in [0.25, 0.3) is 0 Å². The van der Waals surface area contributed by atoms with Gasteiger partial charge >= 0.3 is 7.32 Å². The SMILES string of the molecule is OB(O)OCOC1CCOCC1. The fourth-order valence-electron chi connectivity index (χ4n) is 1.04. The van der Waals surface area contributed by atoms with Crippen LogP contribution >= 0.6 is 0 Å². The van der Waals surface area contributed by atoms with E-state index in [2.05, 4.69) is 4.65 Å². The lowest BCUT2D eigenvalue weighted by Crippen LogP contribution is -2.27. The van der Waals surface area contributed by atoms with E-state index in [1.165, 1.54) is 0 Å². The lowest BCUT2D eigenvalue weighted by Gasteiger charge is -2.22. The van der Waals surface area contributed by atoms with E-state index in [0.29, 0.717) is 13.2 Å². The average Bonchev–Trinajstić information content (AvgIpc) is 2.05. The minimum atomic E-state index is -1.75. The maximum Gasteiger partial charge on any atom is 0.635 e. The van der Waals surface area contributed by atoms with Crippen molar-refractivity contribution in [1.82, 2.24) is 0 Å². The zero-order valence-electron chi connectivity index (χ0n) is 6.81. The van der Waals surface area contributed by atoms with Crippen molar-refractivity contribution in [2.24, 2.45) is 0 Å². The van der Waals surface area contributed by atoms with Crippen molar-refractivity contribution in [3.05, 3.63) is 0 Å². The summed E-state index contributed by atoms with van der Waals surface area (Å²) in [5.41, 5.74) is 0. The third-order valence-electron chi connectivity index (χ3n) is 1.69. The van der Waals surface area contributed by atoms with Gasteiger partial charge in [0.15, 0.2) is 0 Å². The van der Waals surface area contributed by atoms with E-state index < -0.39 is 7.32 Å². The van der Waals surface area contributed by atoms with Gasteiger partial charge in [0.25, 0.3) is 0 Å². The Bertz CT molecular complexity index is 115. The second-order valence-corrected chi connectivity index (χ2v) is 2.59. The van der Waals surface area contributed by atoms with Crippen LogP contribution in [0.2, 0.25) is 0 Å². The predicted molar refractivity (Wildman–Crippen MR) is 41.1 cm³/mol. The van der Waals surface area contributed by atoms with Crippen LogP contribution < -0.4 is 0 Å². The molecule has 1 fully saturated rings. The Kier molecular flexibility index (Phi) is 4.56. The van der Waals surface area contributed by atoms with Crippen molar-refractivity contribution in [2.45, 2.75) is 18.9 Å². The van der Waals surface area contributed by atoms with Crippen LogP contribution in [0.15, 0.2) is 0 Å². The van der Waals surface area contributed by atoms with Gasteiger partial charge in [-0.2, -0.15) is 0 Å². The van der Waals surface area contributed by atoms with Gasteiger partial charge in [-0.15, -0.1) is 0 Å².